The van der Waals surface area contributed by atoms with Gasteiger partial charge < -0.3 is 0 Å². The van der Waals surface area contributed by atoms with E-state index in [9.17, 15) is 0 Å². The van der Waals surface area contributed by atoms with E-state index in [1.807, 2.05) is 12.1 Å². The summed E-state index contributed by atoms with van der Waals surface area (Å²) in [6.07, 6.45) is 1.09. The molecule has 2 aromatic carbocycles. The summed E-state index contributed by atoms with van der Waals surface area (Å²) in [6.45, 7) is 2.16. The molecule has 0 aromatic heterocycles. The Morgan fingerprint density at radius 1 is 0.800 bits per heavy atom. The summed E-state index contributed by atoms with van der Waals surface area (Å²) >= 11 is 0. The minimum Gasteiger partial charge on any atom is -0.0966 e. The summed E-state index contributed by atoms with van der Waals surface area (Å²) in [4.78, 5) is 0. The van der Waals surface area contributed by atoms with Gasteiger partial charge in [0, 0.05) is 0 Å². The van der Waals surface area contributed by atoms with Crippen LogP contribution in [0.1, 0.15) is 12.5 Å². The van der Waals surface area contributed by atoms with Gasteiger partial charge in [-0.15, -0.1) is 0 Å². The van der Waals surface area contributed by atoms with Gasteiger partial charge in [0.05, 0.1) is 0 Å². The van der Waals surface area contributed by atoms with E-state index in [1.54, 1.807) is 0 Å². The van der Waals surface area contributed by atoms with Crippen molar-refractivity contribution in [1.29, 1.82) is 0 Å². The topological polar surface area (TPSA) is 0 Å². The lowest BCUT2D eigenvalue weighted by Crippen LogP contribution is -1.99. The van der Waals surface area contributed by atoms with Crippen molar-refractivity contribution in [2.24, 2.45) is 0 Å². The maximum atomic E-state index is 5.65. The van der Waals surface area contributed by atoms with E-state index in [2.05, 4.69) is 43.3 Å². The zero-order valence-corrected chi connectivity index (χ0v) is 8.90. The monoisotopic (exact) mass is 192 g/mol. The van der Waals surface area contributed by atoms with Gasteiger partial charge >= 0.3 is 0 Å². The molecule has 2 aromatic rings. The lowest BCUT2D eigenvalue weighted by atomic mass is 9.93. The highest BCUT2D eigenvalue weighted by molar-refractivity contribution is 6.32. The molecule has 0 bridgehead atoms. The highest BCUT2D eigenvalue weighted by atomic mass is 14.0. The molecule has 2 rings (SSSR count). The molecule has 0 nitrogen and oxygen atoms in total. The molecule has 0 saturated heterocycles. The smallest absolute Gasteiger partial charge is 0.0966 e. The van der Waals surface area contributed by atoms with Gasteiger partial charge in [0.15, 0.2) is 0 Å². The van der Waals surface area contributed by atoms with Gasteiger partial charge in [0.25, 0.3) is 0 Å². The predicted octanol–water partition coefficient (Wildman–Crippen LogP) is 2.71. The maximum absolute atomic E-state index is 5.65. The number of rotatable bonds is 2. The van der Waals surface area contributed by atoms with Crippen molar-refractivity contribution >= 4 is 13.3 Å². The highest BCUT2D eigenvalue weighted by Crippen LogP contribution is 2.18. The molecule has 0 N–H and O–H groups in total. The van der Waals surface area contributed by atoms with Gasteiger partial charge in [-0.1, -0.05) is 60.9 Å². The molecule has 0 atom stereocenters. The summed E-state index contributed by atoms with van der Waals surface area (Å²) < 4.78 is 0. The Kier molecular flexibility index (Phi) is 2.91. The Morgan fingerprint density at radius 3 is 1.73 bits per heavy atom. The summed E-state index contributed by atoms with van der Waals surface area (Å²) in [5.41, 5.74) is 4.64. The third-order valence-corrected chi connectivity index (χ3v) is 2.61. The Bertz CT molecular complexity index is 426. The zero-order chi connectivity index (χ0) is 10.7. The van der Waals surface area contributed by atoms with Crippen LogP contribution in [0.5, 0.6) is 0 Å². The first kappa shape index (κ1) is 10.0. The standard InChI is InChI=1S/C14H13B/c1-2-11-3-5-12(6-4-11)13-7-9-14(15)10-8-13/h3-10H,2H2,1H3. The normalized spacial score (nSPS) is 10.2. The molecule has 0 fully saturated rings. The largest absolute Gasteiger partial charge is 0.113 e. The summed E-state index contributed by atoms with van der Waals surface area (Å²) in [7, 11) is 5.65. The predicted molar refractivity (Wildman–Crippen MR) is 66.6 cm³/mol. The van der Waals surface area contributed by atoms with Gasteiger partial charge in [0.1, 0.15) is 7.85 Å². The third kappa shape index (κ3) is 2.30. The Balaban J connectivity index is 2.33. The summed E-state index contributed by atoms with van der Waals surface area (Å²) in [5.74, 6) is 0. The van der Waals surface area contributed by atoms with Crippen LogP contribution in [0.4, 0.5) is 0 Å². The first-order chi connectivity index (χ1) is 7.29. The lowest BCUT2D eigenvalue weighted by molar-refractivity contribution is 1.14. The highest BCUT2D eigenvalue weighted by Gasteiger charge is 1.96. The molecule has 0 aliphatic carbocycles. The fourth-order valence-corrected chi connectivity index (χ4v) is 1.61. The van der Waals surface area contributed by atoms with Gasteiger partial charge in [-0.25, -0.2) is 0 Å². The molecule has 1 heteroatoms. The van der Waals surface area contributed by atoms with E-state index in [-0.39, 0.29) is 0 Å². The van der Waals surface area contributed by atoms with Crippen molar-refractivity contribution in [3.05, 3.63) is 54.1 Å². The average Bonchev–Trinajstić information content (AvgIpc) is 2.30. The summed E-state index contributed by atoms with van der Waals surface area (Å²) in [6, 6.07) is 16.6. The van der Waals surface area contributed by atoms with Crippen LogP contribution in [-0.4, -0.2) is 7.85 Å². The van der Waals surface area contributed by atoms with E-state index in [0.29, 0.717) is 0 Å². The molecule has 0 saturated carbocycles. The van der Waals surface area contributed by atoms with Crippen LogP contribution in [0.25, 0.3) is 11.1 Å². The van der Waals surface area contributed by atoms with Crippen LogP contribution >= 0.6 is 0 Å². The second-order valence-corrected chi connectivity index (χ2v) is 3.67. The second kappa shape index (κ2) is 4.35. The lowest BCUT2D eigenvalue weighted by Gasteiger charge is -2.03. The van der Waals surface area contributed by atoms with Crippen LogP contribution in [0.2, 0.25) is 0 Å². The van der Waals surface area contributed by atoms with Gasteiger partial charge in [-0.05, 0) is 23.1 Å². The molecule has 15 heavy (non-hydrogen) atoms. The van der Waals surface area contributed by atoms with Crippen molar-refractivity contribution in [1.82, 2.24) is 0 Å². The Morgan fingerprint density at radius 2 is 1.27 bits per heavy atom. The summed E-state index contributed by atoms with van der Waals surface area (Å²) in [5, 5.41) is 0. The van der Waals surface area contributed by atoms with E-state index in [1.165, 1.54) is 16.7 Å². The molecule has 0 unspecified atom stereocenters. The quantitative estimate of drug-likeness (QED) is 0.641. The van der Waals surface area contributed by atoms with Crippen LogP contribution in [-0.2, 0) is 6.42 Å². The van der Waals surface area contributed by atoms with Gasteiger partial charge in [0.2, 0.25) is 0 Å². The molecule has 2 radical (unpaired) electrons. The van der Waals surface area contributed by atoms with E-state index in [0.717, 1.165) is 11.9 Å². The van der Waals surface area contributed by atoms with Crippen LogP contribution in [0.15, 0.2) is 48.5 Å². The zero-order valence-electron chi connectivity index (χ0n) is 8.90. The minimum absolute atomic E-state index is 0.809. The van der Waals surface area contributed by atoms with Crippen LogP contribution < -0.4 is 5.46 Å². The molecule has 0 heterocycles. The molecule has 72 valence electrons. The number of benzene rings is 2. The van der Waals surface area contributed by atoms with E-state index in [4.69, 9.17) is 7.85 Å². The van der Waals surface area contributed by atoms with Gasteiger partial charge in [-0.3, -0.25) is 0 Å². The van der Waals surface area contributed by atoms with E-state index >= 15 is 0 Å². The van der Waals surface area contributed by atoms with Crippen molar-refractivity contribution in [2.75, 3.05) is 0 Å². The third-order valence-electron chi connectivity index (χ3n) is 2.61. The molecule has 0 aliphatic rings. The molecule has 0 amide bonds. The fourth-order valence-electron chi connectivity index (χ4n) is 1.61. The first-order valence-electron chi connectivity index (χ1n) is 5.24. The number of aryl methyl sites for hydroxylation is 1. The Hall–Kier alpha value is -1.50. The van der Waals surface area contributed by atoms with Crippen molar-refractivity contribution in [2.45, 2.75) is 13.3 Å². The van der Waals surface area contributed by atoms with Crippen molar-refractivity contribution in [3.8, 4) is 11.1 Å². The number of hydrogen-bond donors (Lipinski definition) is 0. The van der Waals surface area contributed by atoms with Crippen LogP contribution in [0, 0.1) is 0 Å². The number of hydrogen-bond acceptors (Lipinski definition) is 0. The average molecular weight is 192 g/mol. The fraction of sp³-hybridized carbons (Fsp3) is 0.143. The SMILES string of the molecule is [B]c1ccc(-c2ccc(CC)cc2)cc1. The van der Waals surface area contributed by atoms with E-state index < -0.39 is 0 Å². The molecule has 0 aliphatic heterocycles. The van der Waals surface area contributed by atoms with Crippen molar-refractivity contribution in [3.63, 3.8) is 0 Å². The molecular formula is C14H13B. The van der Waals surface area contributed by atoms with Crippen molar-refractivity contribution < 1.29 is 0 Å². The van der Waals surface area contributed by atoms with Crippen LogP contribution in [0.3, 0.4) is 0 Å². The first-order valence-corrected chi connectivity index (χ1v) is 5.24. The molecular weight excluding hydrogens is 179 g/mol. The van der Waals surface area contributed by atoms with Gasteiger partial charge in [-0.2, -0.15) is 0 Å². The molecule has 0 spiro atoms. The second-order valence-electron chi connectivity index (χ2n) is 3.67. The maximum Gasteiger partial charge on any atom is 0.113 e. The minimum atomic E-state index is 0.809. The Labute approximate surface area is 92.4 Å².